The molecule has 0 nitrogen and oxygen atoms in total. The third-order valence-electron chi connectivity index (χ3n) is 2.69. The first-order chi connectivity index (χ1) is 9.38. The minimum atomic E-state index is -2.25. The summed E-state index contributed by atoms with van der Waals surface area (Å²) in [5.41, 5.74) is -1.57. The second-order valence-corrected chi connectivity index (χ2v) is 4.15. The van der Waals surface area contributed by atoms with E-state index in [-0.39, 0.29) is 17.0 Å². The van der Waals surface area contributed by atoms with Crippen LogP contribution in [0.4, 0.5) is 26.3 Å². The van der Waals surface area contributed by atoms with E-state index in [9.17, 15) is 26.3 Å². The molecule has 2 rings (SSSR count). The third-order valence-corrected chi connectivity index (χ3v) is 2.98. The highest BCUT2D eigenvalue weighted by molar-refractivity contribution is 6.17. The van der Waals surface area contributed by atoms with E-state index in [1.54, 1.807) is 0 Å². The highest BCUT2D eigenvalue weighted by atomic mass is 35.5. The first-order valence-corrected chi connectivity index (χ1v) is 5.78. The van der Waals surface area contributed by atoms with Gasteiger partial charge in [-0.15, -0.1) is 11.6 Å². The molecule has 106 valence electrons. The van der Waals surface area contributed by atoms with Crippen molar-refractivity contribution in [3.8, 4) is 11.1 Å². The molecule has 0 heterocycles. The Balaban J connectivity index is 2.83. The highest BCUT2D eigenvalue weighted by Crippen LogP contribution is 2.34. The fourth-order valence-electron chi connectivity index (χ4n) is 1.76. The maximum Gasteiger partial charge on any atom is 0.200 e. The highest BCUT2D eigenvalue weighted by Gasteiger charge is 2.27. The lowest BCUT2D eigenvalue weighted by molar-refractivity contribution is 0.381. The van der Waals surface area contributed by atoms with Gasteiger partial charge in [0.2, 0.25) is 5.82 Å². The van der Waals surface area contributed by atoms with Crippen molar-refractivity contribution in [2.24, 2.45) is 0 Å². The monoisotopic (exact) mass is 310 g/mol. The molecule has 0 unspecified atom stereocenters. The van der Waals surface area contributed by atoms with Crippen molar-refractivity contribution in [2.45, 2.75) is 5.88 Å². The van der Waals surface area contributed by atoms with Crippen molar-refractivity contribution in [1.29, 1.82) is 0 Å². The number of halogens is 7. The maximum absolute atomic E-state index is 13.6. The van der Waals surface area contributed by atoms with Crippen molar-refractivity contribution in [3.05, 3.63) is 58.7 Å². The van der Waals surface area contributed by atoms with Gasteiger partial charge < -0.3 is 0 Å². The Morgan fingerprint density at radius 3 is 1.75 bits per heavy atom. The third kappa shape index (κ3) is 2.24. The second kappa shape index (κ2) is 5.36. The van der Waals surface area contributed by atoms with Crippen molar-refractivity contribution >= 4 is 11.6 Å². The molecule has 7 heteroatoms. The Labute approximate surface area is 114 Å². The van der Waals surface area contributed by atoms with Gasteiger partial charge in [0, 0.05) is 5.88 Å². The summed E-state index contributed by atoms with van der Waals surface area (Å²) < 4.78 is 79.5. The molecule has 0 aliphatic heterocycles. The fourth-order valence-corrected chi connectivity index (χ4v) is 1.98. The molecule has 0 fully saturated rings. The van der Waals surface area contributed by atoms with Gasteiger partial charge in [-0.3, -0.25) is 0 Å². The van der Waals surface area contributed by atoms with Crippen molar-refractivity contribution in [2.75, 3.05) is 0 Å². The lowest BCUT2D eigenvalue weighted by atomic mass is 9.98. The molecule has 0 aromatic heterocycles. The van der Waals surface area contributed by atoms with Crippen LogP contribution in [0.1, 0.15) is 5.56 Å². The zero-order chi connectivity index (χ0) is 15.0. The van der Waals surface area contributed by atoms with E-state index in [4.69, 9.17) is 11.6 Å². The van der Waals surface area contributed by atoms with Gasteiger partial charge in [0.05, 0.1) is 5.56 Å². The number of alkyl halides is 1. The molecule has 0 bridgehead atoms. The average molecular weight is 311 g/mol. The molecule has 0 saturated carbocycles. The first-order valence-electron chi connectivity index (χ1n) is 5.24. The summed E-state index contributed by atoms with van der Waals surface area (Å²) in [6, 6.07) is 2.61. The van der Waals surface area contributed by atoms with Gasteiger partial charge in [-0.1, -0.05) is 6.07 Å². The van der Waals surface area contributed by atoms with Crippen LogP contribution in [0, 0.1) is 34.9 Å². The Kier molecular flexibility index (Phi) is 3.94. The number of hydrogen-bond donors (Lipinski definition) is 0. The van der Waals surface area contributed by atoms with E-state index in [1.165, 1.54) is 0 Å². The summed E-state index contributed by atoms with van der Waals surface area (Å²) in [7, 11) is 0. The Morgan fingerprint density at radius 2 is 1.25 bits per heavy atom. The number of benzene rings is 2. The quantitative estimate of drug-likeness (QED) is 0.319. The van der Waals surface area contributed by atoms with Crippen LogP contribution in [0.15, 0.2) is 18.2 Å². The molecule has 2 aromatic rings. The molecule has 0 aliphatic rings. The van der Waals surface area contributed by atoms with Crippen LogP contribution < -0.4 is 0 Å². The molecule has 0 radical (unpaired) electrons. The van der Waals surface area contributed by atoms with Crippen LogP contribution in [0.3, 0.4) is 0 Å². The Hall–Kier alpha value is -1.69. The van der Waals surface area contributed by atoms with Crippen LogP contribution >= 0.6 is 11.6 Å². The molecule has 0 N–H and O–H groups in total. The molecule has 0 spiro atoms. The fraction of sp³-hybridized carbons (Fsp3) is 0.0769. The number of hydrogen-bond acceptors (Lipinski definition) is 0. The van der Waals surface area contributed by atoms with Gasteiger partial charge in [-0.2, -0.15) is 0 Å². The largest absolute Gasteiger partial charge is 0.207 e. The smallest absolute Gasteiger partial charge is 0.200 e. The van der Waals surface area contributed by atoms with Gasteiger partial charge in [-0.25, -0.2) is 26.3 Å². The summed E-state index contributed by atoms with van der Waals surface area (Å²) in [5, 5.41) is 0. The molecule has 2 aromatic carbocycles. The van der Waals surface area contributed by atoms with E-state index in [2.05, 4.69) is 0 Å². The van der Waals surface area contributed by atoms with Crippen LogP contribution in [0.5, 0.6) is 0 Å². The van der Waals surface area contributed by atoms with Gasteiger partial charge >= 0.3 is 0 Å². The topological polar surface area (TPSA) is 0 Å². The molecular formula is C13H5ClF6. The second-order valence-electron chi connectivity index (χ2n) is 3.88. The molecule has 0 atom stereocenters. The van der Waals surface area contributed by atoms with E-state index in [1.807, 2.05) is 0 Å². The van der Waals surface area contributed by atoms with Gasteiger partial charge in [-0.05, 0) is 23.3 Å². The summed E-state index contributed by atoms with van der Waals surface area (Å²) in [6.07, 6.45) is 0. The zero-order valence-electron chi connectivity index (χ0n) is 9.58. The van der Waals surface area contributed by atoms with Crippen molar-refractivity contribution in [3.63, 3.8) is 0 Å². The normalized spacial score (nSPS) is 10.9. The zero-order valence-corrected chi connectivity index (χ0v) is 10.3. The number of rotatable bonds is 2. The van der Waals surface area contributed by atoms with Crippen LogP contribution in [0.2, 0.25) is 0 Å². The van der Waals surface area contributed by atoms with Crippen molar-refractivity contribution in [1.82, 2.24) is 0 Å². The van der Waals surface area contributed by atoms with Gasteiger partial charge in [0.15, 0.2) is 23.3 Å². The predicted octanol–water partition coefficient (Wildman–Crippen LogP) is 4.93. The molecule has 20 heavy (non-hydrogen) atoms. The molecule has 0 aliphatic carbocycles. The summed E-state index contributed by atoms with van der Waals surface area (Å²) in [6.45, 7) is 0. The van der Waals surface area contributed by atoms with E-state index in [0.29, 0.717) is 0 Å². The Bertz CT molecular complexity index is 654. The van der Waals surface area contributed by atoms with E-state index < -0.39 is 40.5 Å². The van der Waals surface area contributed by atoms with Crippen molar-refractivity contribution < 1.29 is 26.3 Å². The predicted molar refractivity (Wildman–Crippen MR) is 61.2 cm³/mol. The minimum absolute atomic E-state index is 0.0881. The molecule has 0 amide bonds. The first kappa shape index (κ1) is 14.7. The SMILES string of the molecule is Fc1ccc(-c2c(F)c(F)c(F)c(F)c2F)c(CCl)c1. The van der Waals surface area contributed by atoms with E-state index >= 15 is 0 Å². The van der Waals surface area contributed by atoms with Crippen LogP contribution in [0.25, 0.3) is 11.1 Å². The Morgan fingerprint density at radius 1 is 0.750 bits per heavy atom. The lowest BCUT2D eigenvalue weighted by Crippen LogP contribution is -2.05. The summed E-state index contributed by atoms with van der Waals surface area (Å²) in [4.78, 5) is 0. The molecular weight excluding hydrogens is 306 g/mol. The maximum atomic E-state index is 13.6. The summed E-state index contributed by atoms with van der Waals surface area (Å²) >= 11 is 5.50. The van der Waals surface area contributed by atoms with Crippen LogP contribution in [-0.2, 0) is 5.88 Å². The summed E-state index contributed by atoms with van der Waals surface area (Å²) in [5.74, 6) is -11.5. The van der Waals surface area contributed by atoms with E-state index in [0.717, 1.165) is 18.2 Å². The average Bonchev–Trinajstić information content (AvgIpc) is 2.44. The lowest BCUT2D eigenvalue weighted by Gasteiger charge is -2.11. The van der Waals surface area contributed by atoms with Gasteiger partial charge in [0.25, 0.3) is 0 Å². The molecule has 0 saturated heterocycles. The van der Waals surface area contributed by atoms with Gasteiger partial charge in [0.1, 0.15) is 5.82 Å². The van der Waals surface area contributed by atoms with Crippen LogP contribution in [-0.4, -0.2) is 0 Å². The standard InChI is InChI=1S/C13H5ClF6/c14-4-5-3-6(15)1-2-7(5)8-9(16)11(18)13(20)12(19)10(8)17/h1-3H,4H2. The minimum Gasteiger partial charge on any atom is -0.207 e.